The molecule has 1 saturated heterocycles. The summed E-state index contributed by atoms with van der Waals surface area (Å²) < 4.78 is 11.4. The number of amidine groups is 2. The molecule has 6 nitrogen and oxygen atoms in total. The minimum Gasteiger partial charge on any atom is -0.490 e. The van der Waals surface area contributed by atoms with E-state index in [9.17, 15) is 0 Å². The number of likely N-dealkylation sites (N-methyl/N-ethyl adjacent to an activating group) is 1. The number of rotatable bonds is 6. The van der Waals surface area contributed by atoms with Crippen molar-refractivity contribution in [1.82, 2.24) is 9.80 Å². The Morgan fingerprint density at radius 1 is 1.07 bits per heavy atom. The number of fused-ring (bicyclic) bond motifs is 1. The average Bonchev–Trinajstić information content (AvgIpc) is 3.16. The summed E-state index contributed by atoms with van der Waals surface area (Å²) in [5.74, 6) is 2.64. The molecule has 0 radical (unpaired) electrons. The lowest BCUT2D eigenvalue weighted by Gasteiger charge is -2.33. The molecule has 1 fully saturated rings. The van der Waals surface area contributed by atoms with Gasteiger partial charge in [0.2, 0.25) is 0 Å². The summed E-state index contributed by atoms with van der Waals surface area (Å²) in [4.78, 5) is 13.9. The molecule has 0 N–H and O–H groups in total. The summed E-state index contributed by atoms with van der Waals surface area (Å²) in [6, 6.07) is 8.18. The lowest BCUT2D eigenvalue weighted by atomic mass is 10.1. The molecule has 3 aliphatic heterocycles. The van der Waals surface area contributed by atoms with Crippen LogP contribution in [0.2, 0.25) is 0 Å². The van der Waals surface area contributed by atoms with Crippen molar-refractivity contribution in [1.29, 1.82) is 0 Å². The lowest BCUT2D eigenvalue weighted by molar-refractivity contribution is 0.0256. The van der Waals surface area contributed by atoms with Crippen LogP contribution in [-0.2, 0) is 4.74 Å². The highest BCUT2D eigenvalue weighted by molar-refractivity contribution is 6.16. The van der Waals surface area contributed by atoms with Gasteiger partial charge in [0.05, 0.1) is 19.9 Å². The Balaban J connectivity index is 1.41. The van der Waals surface area contributed by atoms with Crippen LogP contribution in [0, 0.1) is 0 Å². The van der Waals surface area contributed by atoms with Gasteiger partial charge in [-0.2, -0.15) is 0 Å². The van der Waals surface area contributed by atoms with Crippen molar-refractivity contribution in [2.75, 3.05) is 33.0 Å². The molecule has 3 heterocycles. The van der Waals surface area contributed by atoms with Gasteiger partial charge in [-0.3, -0.25) is 0 Å². The Bertz CT molecular complexity index is 804. The maximum atomic E-state index is 6.03. The smallest absolute Gasteiger partial charge is 0.160 e. The molecule has 0 bridgehead atoms. The van der Waals surface area contributed by atoms with Gasteiger partial charge in [-0.15, -0.1) is 0 Å². The van der Waals surface area contributed by atoms with Gasteiger partial charge in [0.1, 0.15) is 17.6 Å². The van der Waals surface area contributed by atoms with Gasteiger partial charge in [-0.1, -0.05) is 18.2 Å². The number of hydrogen-bond donors (Lipinski definition) is 0. The van der Waals surface area contributed by atoms with Crippen LogP contribution in [0.5, 0.6) is 5.75 Å². The fourth-order valence-electron chi connectivity index (χ4n) is 3.51. The fraction of sp³-hybridized carbons (Fsp3) is 0.455. The van der Waals surface area contributed by atoms with E-state index in [1.165, 1.54) is 0 Å². The molecule has 4 rings (SSSR count). The summed E-state index contributed by atoms with van der Waals surface area (Å²) in [7, 11) is 0. The third-order valence-corrected chi connectivity index (χ3v) is 5.21. The van der Waals surface area contributed by atoms with Crippen LogP contribution in [0.1, 0.15) is 32.3 Å². The molecule has 6 heteroatoms. The number of nitrogens with zero attached hydrogens (tertiary/aromatic N) is 4. The van der Waals surface area contributed by atoms with Crippen molar-refractivity contribution in [3.63, 3.8) is 0 Å². The molecule has 0 aliphatic carbocycles. The van der Waals surface area contributed by atoms with Crippen molar-refractivity contribution in [3.8, 4) is 5.75 Å². The molecule has 0 spiro atoms. The van der Waals surface area contributed by atoms with E-state index in [0.29, 0.717) is 0 Å². The van der Waals surface area contributed by atoms with Crippen molar-refractivity contribution in [2.45, 2.75) is 32.8 Å². The van der Waals surface area contributed by atoms with Gasteiger partial charge < -0.3 is 19.3 Å². The molecule has 1 aromatic carbocycles. The Kier molecular flexibility index (Phi) is 5.76. The average molecular weight is 380 g/mol. The molecular weight excluding hydrogens is 352 g/mol. The van der Waals surface area contributed by atoms with E-state index in [-0.39, 0.29) is 6.10 Å². The molecule has 1 aromatic rings. The number of hydrogen-bond acceptors (Lipinski definition) is 6. The van der Waals surface area contributed by atoms with Crippen LogP contribution in [0.3, 0.4) is 0 Å². The van der Waals surface area contributed by atoms with Crippen molar-refractivity contribution < 1.29 is 9.47 Å². The molecule has 148 valence electrons. The summed E-state index contributed by atoms with van der Waals surface area (Å²) in [6.07, 6.45) is 8.31. The van der Waals surface area contributed by atoms with E-state index >= 15 is 0 Å². The molecule has 0 saturated carbocycles. The first-order valence-electron chi connectivity index (χ1n) is 10.2. The van der Waals surface area contributed by atoms with Gasteiger partial charge in [-0.05, 0) is 37.6 Å². The highest BCUT2D eigenvalue weighted by Crippen LogP contribution is 2.22. The Labute approximate surface area is 166 Å². The van der Waals surface area contributed by atoms with Crippen LogP contribution in [0.25, 0.3) is 6.08 Å². The maximum Gasteiger partial charge on any atom is 0.160 e. The van der Waals surface area contributed by atoms with Crippen molar-refractivity contribution in [2.24, 2.45) is 9.98 Å². The van der Waals surface area contributed by atoms with E-state index in [4.69, 9.17) is 14.5 Å². The van der Waals surface area contributed by atoms with Crippen LogP contribution in [0.15, 0.2) is 52.2 Å². The maximum absolute atomic E-state index is 6.03. The van der Waals surface area contributed by atoms with Gasteiger partial charge in [0.25, 0.3) is 0 Å². The second kappa shape index (κ2) is 8.61. The van der Waals surface area contributed by atoms with Gasteiger partial charge in [0.15, 0.2) is 11.7 Å². The van der Waals surface area contributed by atoms with E-state index in [1.807, 2.05) is 24.3 Å². The van der Waals surface area contributed by atoms with Gasteiger partial charge in [-0.25, -0.2) is 9.98 Å². The zero-order chi connectivity index (χ0) is 19.3. The monoisotopic (exact) mass is 380 g/mol. The molecular formula is C22H28N4O2. The Hall–Kier alpha value is -2.60. The SMILES string of the molecule is CCN1C=C2N=C(C=Cc3ccc(OC4CCOCC4)cc3)N=C2N(CC)C1. The number of ether oxygens (including phenoxy) is 2. The highest BCUT2D eigenvalue weighted by Gasteiger charge is 2.26. The first-order chi connectivity index (χ1) is 13.7. The summed E-state index contributed by atoms with van der Waals surface area (Å²) in [5, 5.41) is 0. The lowest BCUT2D eigenvalue weighted by Crippen LogP contribution is -2.43. The second-order valence-corrected chi connectivity index (χ2v) is 7.15. The minimum atomic E-state index is 0.264. The van der Waals surface area contributed by atoms with E-state index < -0.39 is 0 Å². The molecule has 0 unspecified atom stereocenters. The highest BCUT2D eigenvalue weighted by atomic mass is 16.5. The largest absolute Gasteiger partial charge is 0.490 e. The first kappa shape index (κ1) is 18.7. The van der Waals surface area contributed by atoms with Crippen molar-refractivity contribution >= 4 is 17.7 Å². The number of aliphatic imine (C=N–C) groups is 2. The Morgan fingerprint density at radius 2 is 1.86 bits per heavy atom. The van der Waals surface area contributed by atoms with Crippen LogP contribution in [0.4, 0.5) is 0 Å². The summed E-state index contributed by atoms with van der Waals surface area (Å²) in [6.45, 7) is 8.65. The third-order valence-electron chi connectivity index (χ3n) is 5.21. The zero-order valence-corrected chi connectivity index (χ0v) is 16.7. The fourth-order valence-corrected chi connectivity index (χ4v) is 3.51. The van der Waals surface area contributed by atoms with Crippen molar-refractivity contribution in [3.05, 3.63) is 47.8 Å². The van der Waals surface area contributed by atoms with E-state index in [1.54, 1.807) is 0 Å². The van der Waals surface area contributed by atoms with E-state index in [2.05, 4.69) is 47.0 Å². The molecule has 0 atom stereocenters. The minimum absolute atomic E-state index is 0.264. The van der Waals surface area contributed by atoms with E-state index in [0.717, 1.165) is 74.5 Å². The predicted octanol–water partition coefficient (Wildman–Crippen LogP) is 3.52. The molecule has 0 amide bonds. The van der Waals surface area contributed by atoms with Gasteiger partial charge >= 0.3 is 0 Å². The van der Waals surface area contributed by atoms with Crippen LogP contribution < -0.4 is 4.74 Å². The second-order valence-electron chi connectivity index (χ2n) is 7.15. The topological polar surface area (TPSA) is 49.7 Å². The number of benzene rings is 1. The molecule has 28 heavy (non-hydrogen) atoms. The quantitative estimate of drug-likeness (QED) is 0.758. The predicted molar refractivity (Wildman–Crippen MR) is 113 cm³/mol. The Morgan fingerprint density at radius 3 is 2.57 bits per heavy atom. The standard InChI is InChI=1S/C22H28N4O2/c1-3-25-15-20-22(26(4-2)16-25)24-21(23-20)10-7-17-5-8-18(9-6-17)28-19-11-13-27-14-12-19/h5-10,15,19H,3-4,11-14,16H2,1-2H3. The normalized spacial score (nSPS) is 20.1. The first-order valence-corrected chi connectivity index (χ1v) is 10.2. The summed E-state index contributed by atoms with van der Waals surface area (Å²) in [5.41, 5.74) is 2.06. The van der Waals surface area contributed by atoms with Crippen LogP contribution >= 0.6 is 0 Å². The van der Waals surface area contributed by atoms with Gasteiger partial charge in [0, 0.05) is 32.1 Å². The molecule has 3 aliphatic rings. The zero-order valence-electron chi connectivity index (χ0n) is 16.7. The molecule has 0 aromatic heterocycles. The van der Waals surface area contributed by atoms with Crippen LogP contribution in [-0.4, -0.2) is 60.5 Å². The third kappa shape index (κ3) is 4.28. The summed E-state index contributed by atoms with van der Waals surface area (Å²) >= 11 is 0.